The van der Waals surface area contributed by atoms with Crippen LogP contribution in [0.15, 0.2) is 42.5 Å². The highest BCUT2D eigenvalue weighted by molar-refractivity contribution is 6.31. The lowest BCUT2D eigenvalue weighted by molar-refractivity contribution is -0.641. The number of ether oxygens (including phenoxy) is 2. The van der Waals surface area contributed by atoms with Gasteiger partial charge in [-0.05, 0) is 62.0 Å². The molecule has 0 N–H and O–H groups in total. The number of hydrogen-bond acceptors (Lipinski definition) is 7. The van der Waals surface area contributed by atoms with Crippen LogP contribution >= 0.6 is 11.6 Å². The maximum absolute atomic E-state index is 12.2. The Morgan fingerprint density at radius 2 is 1.86 bits per heavy atom. The first kappa shape index (κ1) is 20.6. The average Bonchev–Trinajstić information content (AvgIpc) is 2.68. The first-order chi connectivity index (χ1) is 13.7. The average molecular weight is 417 g/mol. The normalized spacial score (nSPS) is 12.1. The summed E-state index contributed by atoms with van der Waals surface area (Å²) in [6, 6.07) is 11.8. The molecule has 152 valence electrons. The zero-order chi connectivity index (χ0) is 21.1. The third-order valence-electron chi connectivity index (χ3n) is 4.06. The number of fused-ring (bicyclic) bond motifs is 1. The molecule has 1 aromatic heterocycles. The van der Waals surface area contributed by atoms with Crippen LogP contribution in [0, 0.1) is 5.21 Å². The molecule has 0 aliphatic heterocycles. The Morgan fingerprint density at radius 3 is 2.52 bits per heavy atom. The van der Waals surface area contributed by atoms with E-state index in [-0.39, 0.29) is 12.1 Å². The molecule has 3 aromatic rings. The molecule has 0 saturated heterocycles. The zero-order valence-corrected chi connectivity index (χ0v) is 17.3. The third kappa shape index (κ3) is 4.83. The zero-order valence-electron chi connectivity index (χ0n) is 16.5. The van der Waals surface area contributed by atoms with Gasteiger partial charge in [0.1, 0.15) is 11.3 Å². The maximum atomic E-state index is 12.2. The number of rotatable bonds is 6. The fraction of sp³-hybridized carbons (Fsp3) is 0.300. The Morgan fingerprint density at radius 1 is 1.17 bits per heavy atom. The van der Waals surface area contributed by atoms with Crippen molar-refractivity contribution < 1.29 is 19.1 Å². The fourth-order valence-corrected chi connectivity index (χ4v) is 2.76. The highest BCUT2D eigenvalue weighted by Gasteiger charge is 2.19. The molecule has 1 atom stereocenters. The van der Waals surface area contributed by atoms with Crippen molar-refractivity contribution in [2.45, 2.75) is 33.0 Å². The van der Waals surface area contributed by atoms with Gasteiger partial charge in [0.25, 0.3) is 11.5 Å². The number of anilines is 2. The van der Waals surface area contributed by atoms with Crippen molar-refractivity contribution in [3.8, 4) is 5.75 Å². The number of carbonyl (C=O) groups excluding carboxylic acids is 1. The molecule has 0 aliphatic carbocycles. The largest absolute Gasteiger partial charge is 0.594 e. The van der Waals surface area contributed by atoms with E-state index in [0.29, 0.717) is 26.7 Å². The number of esters is 1. The second-order valence-electron chi connectivity index (χ2n) is 6.72. The summed E-state index contributed by atoms with van der Waals surface area (Å²) in [6.45, 7) is 5.20. The summed E-state index contributed by atoms with van der Waals surface area (Å²) in [5.41, 5.74) is 1.52. The second-order valence-corrected chi connectivity index (χ2v) is 7.15. The number of hydrogen-bond donors (Lipinski definition) is 0. The van der Waals surface area contributed by atoms with Crippen molar-refractivity contribution >= 4 is 40.2 Å². The molecular formula is C20H21ClN4O4. The Bertz CT molecular complexity index is 1030. The lowest BCUT2D eigenvalue weighted by Crippen LogP contribution is -2.34. The minimum Gasteiger partial charge on any atom is -0.594 e. The van der Waals surface area contributed by atoms with Crippen LogP contribution in [-0.4, -0.2) is 35.3 Å². The summed E-state index contributed by atoms with van der Waals surface area (Å²) in [5, 5.41) is 16.6. The molecule has 9 heteroatoms. The Labute approximate surface area is 173 Å². The van der Waals surface area contributed by atoms with Crippen LogP contribution < -0.4 is 14.5 Å². The topological polar surface area (TPSA) is 91.5 Å². The Hall–Kier alpha value is -3.13. The summed E-state index contributed by atoms with van der Waals surface area (Å²) < 4.78 is 10.7. The van der Waals surface area contributed by atoms with Gasteiger partial charge in [0.05, 0.1) is 11.2 Å². The molecule has 0 aliphatic rings. The molecule has 8 nitrogen and oxygen atoms in total. The predicted molar refractivity (Wildman–Crippen MR) is 109 cm³/mol. The van der Waals surface area contributed by atoms with E-state index < -0.39 is 12.1 Å². The smallest absolute Gasteiger partial charge is 0.347 e. The molecular weight excluding hydrogens is 396 g/mol. The van der Waals surface area contributed by atoms with Gasteiger partial charge in [-0.2, -0.15) is 0 Å². The van der Waals surface area contributed by atoms with Gasteiger partial charge in [0.2, 0.25) is 0 Å². The van der Waals surface area contributed by atoms with Crippen LogP contribution in [-0.2, 0) is 9.53 Å². The molecule has 0 bridgehead atoms. The Kier molecular flexibility index (Phi) is 6.03. The predicted octanol–water partition coefficient (Wildman–Crippen LogP) is 3.40. The van der Waals surface area contributed by atoms with Crippen molar-refractivity contribution in [2.75, 3.05) is 11.9 Å². The highest BCUT2D eigenvalue weighted by Crippen LogP contribution is 2.24. The van der Waals surface area contributed by atoms with E-state index in [1.165, 1.54) is 6.07 Å². The maximum Gasteiger partial charge on any atom is 0.347 e. The molecule has 0 saturated carbocycles. The summed E-state index contributed by atoms with van der Waals surface area (Å²) in [6.07, 6.45) is -0.928. The first-order valence-corrected chi connectivity index (χ1v) is 9.40. The van der Waals surface area contributed by atoms with Crippen LogP contribution in [0.4, 0.5) is 11.6 Å². The van der Waals surface area contributed by atoms with Gasteiger partial charge in [-0.15, -0.1) is 0 Å². The lowest BCUT2D eigenvalue weighted by Gasteiger charge is -2.18. The van der Waals surface area contributed by atoms with Crippen molar-refractivity contribution in [1.29, 1.82) is 0 Å². The minimum absolute atomic E-state index is 0.202. The summed E-state index contributed by atoms with van der Waals surface area (Å²) in [5.74, 6) is 0.326. The van der Waals surface area contributed by atoms with Crippen molar-refractivity contribution in [3.63, 3.8) is 0 Å². The van der Waals surface area contributed by atoms with Crippen LogP contribution in [0.2, 0.25) is 5.02 Å². The van der Waals surface area contributed by atoms with E-state index in [2.05, 4.69) is 10.1 Å². The van der Waals surface area contributed by atoms with Gasteiger partial charge in [-0.1, -0.05) is 11.6 Å². The van der Waals surface area contributed by atoms with Gasteiger partial charge in [0.15, 0.2) is 6.10 Å². The van der Waals surface area contributed by atoms with E-state index in [0.717, 1.165) is 5.69 Å². The third-order valence-corrected chi connectivity index (χ3v) is 4.30. The van der Waals surface area contributed by atoms with Crippen molar-refractivity contribution in [2.24, 2.45) is 0 Å². The van der Waals surface area contributed by atoms with E-state index in [9.17, 15) is 10.0 Å². The van der Waals surface area contributed by atoms with E-state index >= 15 is 0 Å². The van der Waals surface area contributed by atoms with Gasteiger partial charge in [0, 0.05) is 23.8 Å². The minimum atomic E-state index is -0.726. The number of carbonyl (C=O) groups is 1. The monoisotopic (exact) mass is 416 g/mol. The van der Waals surface area contributed by atoms with Gasteiger partial charge in [-0.3, -0.25) is 0 Å². The van der Waals surface area contributed by atoms with Crippen LogP contribution in [0.3, 0.4) is 0 Å². The molecule has 2 aromatic carbocycles. The first-order valence-electron chi connectivity index (χ1n) is 9.02. The molecule has 0 spiro atoms. The summed E-state index contributed by atoms with van der Waals surface area (Å²) >= 11 is 5.92. The van der Waals surface area contributed by atoms with Crippen LogP contribution in [0.1, 0.15) is 20.8 Å². The highest BCUT2D eigenvalue weighted by atomic mass is 35.5. The quantitative estimate of drug-likeness (QED) is 0.345. The van der Waals surface area contributed by atoms with Crippen LogP contribution in [0.5, 0.6) is 5.75 Å². The Balaban J connectivity index is 1.77. The van der Waals surface area contributed by atoms with Gasteiger partial charge < -0.3 is 19.6 Å². The molecule has 0 radical (unpaired) electrons. The molecule has 0 fully saturated rings. The van der Waals surface area contributed by atoms with Crippen molar-refractivity contribution in [1.82, 2.24) is 10.1 Å². The van der Waals surface area contributed by atoms with E-state index in [4.69, 9.17) is 21.1 Å². The standard InChI is InChI=1S/C20H21ClN4O4/c1-12(2)28-19(26)13(3)29-16-8-6-15(7-9-16)24(4)20-22-17-10-5-14(21)11-18(17)25(27)23-20/h5-13H,1-4H3. The van der Waals surface area contributed by atoms with Crippen molar-refractivity contribution in [3.05, 3.63) is 52.7 Å². The van der Waals surface area contributed by atoms with E-state index in [1.807, 2.05) is 0 Å². The molecule has 1 heterocycles. The number of halogens is 1. The summed E-state index contributed by atoms with van der Waals surface area (Å²) in [4.78, 5) is 18.5. The molecule has 1 unspecified atom stereocenters. The second kappa shape index (κ2) is 8.48. The summed E-state index contributed by atoms with van der Waals surface area (Å²) in [7, 11) is 1.75. The number of benzene rings is 2. The molecule has 0 amide bonds. The number of nitrogens with zero attached hydrogens (tertiary/aromatic N) is 4. The lowest BCUT2D eigenvalue weighted by atomic mass is 10.2. The SMILES string of the molecule is CC(C)OC(=O)C(C)Oc1ccc(N(C)c2nc3ccc(Cl)cc3[n+]([O-])n2)cc1. The van der Waals surface area contributed by atoms with Gasteiger partial charge in [-0.25, -0.2) is 9.78 Å². The van der Waals surface area contributed by atoms with Crippen LogP contribution in [0.25, 0.3) is 11.0 Å². The fourth-order valence-electron chi connectivity index (χ4n) is 2.60. The molecule has 3 rings (SSSR count). The van der Waals surface area contributed by atoms with Gasteiger partial charge >= 0.3 is 5.97 Å². The number of aromatic nitrogens is 3. The molecule has 29 heavy (non-hydrogen) atoms. The van der Waals surface area contributed by atoms with E-state index in [1.54, 1.807) is 69.1 Å².